The molecule has 0 radical (unpaired) electrons. The summed E-state index contributed by atoms with van der Waals surface area (Å²) in [5.41, 5.74) is -8.71. The van der Waals surface area contributed by atoms with E-state index in [-0.39, 0.29) is 16.8 Å². The second-order valence-corrected chi connectivity index (χ2v) is 12.5. The molecular weight excluding hydrogens is 749 g/mol. The second kappa shape index (κ2) is 14.6. The summed E-state index contributed by atoms with van der Waals surface area (Å²) in [7, 11) is -5.37. The van der Waals surface area contributed by atoms with Crippen molar-refractivity contribution in [3.63, 3.8) is 0 Å². The first kappa shape index (κ1) is 39.8. The highest BCUT2D eigenvalue weighted by Crippen LogP contribution is 2.63. The molecule has 0 aromatic heterocycles. The van der Waals surface area contributed by atoms with Crippen LogP contribution in [0.4, 0.5) is 71.5 Å². The minimum Gasteiger partial charge on any atom is -0.363 e. The van der Waals surface area contributed by atoms with E-state index in [4.69, 9.17) is 13.5 Å². The molecule has 0 heterocycles. The lowest BCUT2D eigenvalue weighted by Crippen LogP contribution is -2.75. The van der Waals surface area contributed by atoms with Crippen molar-refractivity contribution in [1.29, 1.82) is 0 Å². The molecule has 0 unspecified atom stereocenters. The molecule has 51 heavy (non-hydrogen) atoms. The zero-order chi connectivity index (χ0) is 38.5. The summed E-state index contributed by atoms with van der Waals surface area (Å²) < 4.78 is 245. The number of hydrogen-bond donors (Lipinski definition) is 1. The molecule has 0 saturated carbocycles. The van der Waals surface area contributed by atoms with E-state index in [1.807, 2.05) is 0 Å². The van der Waals surface area contributed by atoms with Gasteiger partial charge in [0.05, 0.1) is 18.9 Å². The molecule has 0 spiro atoms. The first-order valence-electron chi connectivity index (χ1n) is 14.2. The summed E-state index contributed by atoms with van der Waals surface area (Å²) in [5.74, 6) is -47.5. The Labute approximate surface area is 278 Å². The molecule has 0 amide bonds. The van der Waals surface area contributed by atoms with Gasteiger partial charge in [-0.25, -0.2) is 65.9 Å². The fourth-order valence-corrected chi connectivity index (χ4v) is 7.81. The van der Waals surface area contributed by atoms with E-state index in [9.17, 15) is 39.5 Å². The Bertz CT molecular complexity index is 1770. The predicted octanol–water partition coefficient (Wildman–Crippen LogP) is 8.24. The lowest BCUT2D eigenvalue weighted by atomic mass is 9.28. The first-order chi connectivity index (χ1) is 23.8. The van der Waals surface area contributed by atoms with Crippen molar-refractivity contribution < 1.29 is 79.3 Å². The Balaban J connectivity index is 2.47. The number of aryl methyl sites for hydroxylation is 2. The maximum atomic E-state index is 16.0. The molecule has 21 heteroatoms. The third-order valence-corrected chi connectivity index (χ3v) is 9.86. The SMILES string of the molecule is CCO[P+](Nc1c(C)cccc1C)(OCC)O[B-](c1c(F)c(F)c(F)c(F)c1F)(c1c(F)c(F)c(F)c(F)c1F)c1c(F)c(F)c(F)c(F)c1F. The Morgan fingerprint density at radius 1 is 0.471 bits per heavy atom. The third-order valence-electron chi connectivity index (χ3n) is 7.58. The molecule has 0 aliphatic heterocycles. The van der Waals surface area contributed by atoms with Gasteiger partial charge in [-0.3, -0.25) is 0 Å². The van der Waals surface area contributed by atoms with Crippen molar-refractivity contribution in [2.75, 3.05) is 18.3 Å². The largest absolute Gasteiger partial charge is 0.483 e. The van der Waals surface area contributed by atoms with Crippen LogP contribution in [-0.4, -0.2) is 19.6 Å². The van der Waals surface area contributed by atoms with Gasteiger partial charge in [-0.15, -0.1) is 0 Å². The normalized spacial score (nSPS) is 12.2. The van der Waals surface area contributed by atoms with Gasteiger partial charge in [0.15, 0.2) is 52.4 Å². The minimum absolute atomic E-state index is 0.171. The third kappa shape index (κ3) is 6.29. The van der Waals surface area contributed by atoms with Gasteiger partial charge in [0.2, 0.25) is 0 Å². The lowest BCUT2D eigenvalue weighted by molar-refractivity contribution is 0.200. The topological polar surface area (TPSA) is 39.7 Å². The van der Waals surface area contributed by atoms with Crippen LogP contribution in [0.1, 0.15) is 25.0 Å². The van der Waals surface area contributed by atoms with Gasteiger partial charge < -0.3 is 4.44 Å². The van der Waals surface area contributed by atoms with Crippen LogP contribution in [0.2, 0.25) is 0 Å². The number of anilines is 1. The van der Waals surface area contributed by atoms with E-state index in [1.165, 1.54) is 32.0 Å². The van der Waals surface area contributed by atoms with E-state index < -0.39 is 131 Å². The van der Waals surface area contributed by atoms with Crippen molar-refractivity contribution in [2.45, 2.75) is 27.7 Å². The molecule has 0 saturated heterocycles. The van der Waals surface area contributed by atoms with Crippen LogP contribution in [0.15, 0.2) is 18.2 Å². The van der Waals surface area contributed by atoms with Crippen LogP contribution in [0.25, 0.3) is 0 Å². The highest BCUT2D eigenvalue weighted by atomic mass is 31.2. The van der Waals surface area contributed by atoms with Crippen LogP contribution >= 0.6 is 8.09 Å². The predicted molar refractivity (Wildman–Crippen MR) is 154 cm³/mol. The van der Waals surface area contributed by atoms with Crippen molar-refractivity contribution in [3.05, 3.63) is 117 Å². The van der Waals surface area contributed by atoms with Crippen molar-refractivity contribution in [1.82, 2.24) is 0 Å². The maximum Gasteiger partial charge on any atom is 0.483 e. The molecular formula is C30H20BF15NO3P. The number of benzene rings is 4. The average molecular weight is 769 g/mol. The zero-order valence-electron chi connectivity index (χ0n) is 26.1. The van der Waals surface area contributed by atoms with E-state index in [1.54, 1.807) is 0 Å². The van der Waals surface area contributed by atoms with Crippen molar-refractivity contribution in [2.24, 2.45) is 0 Å². The number of para-hydroxylation sites is 1. The molecule has 1 N–H and O–H groups in total. The van der Waals surface area contributed by atoms with Crippen molar-refractivity contribution in [3.8, 4) is 0 Å². The summed E-state index contributed by atoms with van der Waals surface area (Å²) in [5, 5.41) is 2.37. The van der Waals surface area contributed by atoms with E-state index >= 15 is 26.3 Å². The number of hydrogen-bond acceptors (Lipinski definition) is 4. The Kier molecular flexibility index (Phi) is 11.4. The van der Waals surface area contributed by atoms with Gasteiger partial charge in [0, 0.05) is 0 Å². The molecule has 0 bridgehead atoms. The molecule has 0 atom stereocenters. The summed E-state index contributed by atoms with van der Waals surface area (Å²) in [4.78, 5) is 0. The molecule has 4 aromatic carbocycles. The summed E-state index contributed by atoms with van der Waals surface area (Å²) >= 11 is 0. The minimum atomic E-state index is -6.43. The fraction of sp³-hybridized carbons (Fsp3) is 0.200. The average Bonchev–Trinajstić information content (AvgIpc) is 3.08. The summed E-state index contributed by atoms with van der Waals surface area (Å²) in [6.45, 7) is 3.38. The van der Waals surface area contributed by atoms with Gasteiger partial charge in [-0.2, -0.15) is 14.1 Å². The summed E-state index contributed by atoms with van der Waals surface area (Å²) in [6.07, 6.45) is -6.43. The van der Waals surface area contributed by atoms with Crippen LogP contribution in [0.3, 0.4) is 0 Å². The molecule has 4 nitrogen and oxygen atoms in total. The fourth-order valence-electron chi connectivity index (χ4n) is 5.39. The maximum absolute atomic E-state index is 16.0. The Morgan fingerprint density at radius 2 is 0.725 bits per heavy atom. The molecule has 4 aromatic rings. The standard InChI is InChI=1S/C30H20BF15NO3P/c1-5-48-51(49-6-2,47-30-10(3)8-7-9-11(30)4)50-31(12-15(32)21(38)27(44)22(39)16(12)33,13-17(34)23(40)28(45)24(41)18(13)35)14-19(36)25(42)29(46)26(43)20(14)37/h7-9,47H,5-6H2,1-4H3. The quantitative estimate of drug-likeness (QED) is 0.0549. The van der Waals surface area contributed by atoms with Crippen LogP contribution in [-0.2, 0) is 13.5 Å². The van der Waals surface area contributed by atoms with Gasteiger partial charge in [0.25, 0.3) is 6.35 Å². The van der Waals surface area contributed by atoms with Crippen LogP contribution in [0.5, 0.6) is 0 Å². The van der Waals surface area contributed by atoms with E-state index in [0.29, 0.717) is 0 Å². The smallest absolute Gasteiger partial charge is 0.363 e. The molecule has 0 aliphatic carbocycles. The molecule has 4 rings (SSSR count). The number of nitrogens with one attached hydrogen (secondary N) is 1. The van der Waals surface area contributed by atoms with Crippen LogP contribution in [0, 0.1) is 101 Å². The Morgan fingerprint density at radius 3 is 0.980 bits per heavy atom. The van der Waals surface area contributed by atoms with Gasteiger partial charge in [-0.1, -0.05) is 34.6 Å². The molecule has 0 aliphatic rings. The summed E-state index contributed by atoms with van der Waals surface area (Å²) in [6, 6.07) is 4.17. The highest BCUT2D eigenvalue weighted by Gasteiger charge is 2.59. The molecule has 276 valence electrons. The second-order valence-electron chi connectivity index (χ2n) is 10.6. The lowest BCUT2D eigenvalue weighted by Gasteiger charge is -2.44. The van der Waals surface area contributed by atoms with Gasteiger partial charge in [-0.05, 0) is 38.8 Å². The van der Waals surface area contributed by atoms with Gasteiger partial charge >= 0.3 is 8.09 Å². The highest BCUT2D eigenvalue weighted by molar-refractivity contribution is 7.65. The van der Waals surface area contributed by atoms with E-state index in [0.717, 1.165) is 13.8 Å². The number of rotatable bonds is 11. The first-order valence-corrected chi connectivity index (χ1v) is 15.7. The van der Waals surface area contributed by atoms with Gasteiger partial charge in [0.1, 0.15) is 34.9 Å². The number of halogens is 15. The van der Waals surface area contributed by atoms with Crippen molar-refractivity contribution >= 4 is 36.5 Å². The Hall–Kier alpha value is -4.00. The molecule has 0 fully saturated rings. The van der Waals surface area contributed by atoms with E-state index in [2.05, 4.69) is 5.09 Å². The monoisotopic (exact) mass is 769 g/mol. The van der Waals surface area contributed by atoms with Crippen LogP contribution < -0.4 is 21.5 Å². The zero-order valence-corrected chi connectivity index (χ0v) is 27.0.